The lowest BCUT2D eigenvalue weighted by Crippen LogP contribution is -2.13. The van der Waals surface area contributed by atoms with Gasteiger partial charge in [0.1, 0.15) is 11.5 Å². The summed E-state index contributed by atoms with van der Waals surface area (Å²) in [7, 11) is -3.98. The van der Waals surface area contributed by atoms with Crippen molar-refractivity contribution in [3.63, 3.8) is 0 Å². The van der Waals surface area contributed by atoms with E-state index < -0.39 is 15.8 Å². The molecule has 0 spiro atoms. The molecule has 9 heteroatoms. The van der Waals surface area contributed by atoms with Gasteiger partial charge >= 0.3 is 0 Å². The van der Waals surface area contributed by atoms with E-state index in [4.69, 9.17) is 4.42 Å². The van der Waals surface area contributed by atoms with E-state index >= 15 is 0 Å². The van der Waals surface area contributed by atoms with Crippen LogP contribution in [0.25, 0.3) is 11.5 Å². The summed E-state index contributed by atoms with van der Waals surface area (Å²) in [5, 5.41) is 5.67. The summed E-state index contributed by atoms with van der Waals surface area (Å²) >= 11 is 0. The average molecular weight is 349 g/mol. The van der Waals surface area contributed by atoms with Crippen LogP contribution in [0.1, 0.15) is 5.56 Å². The fraction of sp³-hybridized carbons (Fsp3) is 0.0667. The predicted octanol–water partition coefficient (Wildman–Crippen LogP) is 2.28. The Morgan fingerprint density at radius 2 is 1.96 bits per heavy atom. The lowest BCUT2D eigenvalue weighted by Gasteiger charge is -2.08. The van der Waals surface area contributed by atoms with E-state index in [2.05, 4.69) is 14.9 Å². The molecule has 1 aromatic carbocycles. The summed E-state index contributed by atoms with van der Waals surface area (Å²) in [6.45, 7) is 1.58. The largest absolute Gasteiger partial charge is 0.441 e. The van der Waals surface area contributed by atoms with Crippen LogP contribution in [0, 0.1) is 12.7 Å². The first-order chi connectivity index (χ1) is 11.3. The van der Waals surface area contributed by atoms with Gasteiger partial charge in [-0.1, -0.05) is 0 Å². The number of rotatable bonds is 4. The van der Waals surface area contributed by atoms with Gasteiger partial charge in [-0.3, -0.25) is 9.52 Å². The summed E-state index contributed by atoms with van der Waals surface area (Å²) in [5.41, 5.74) is 0.588. The normalized spacial score (nSPS) is 11.4. The van der Waals surface area contributed by atoms with Gasteiger partial charge in [-0.2, -0.15) is 13.5 Å². The third-order valence-corrected chi connectivity index (χ3v) is 4.45. The summed E-state index contributed by atoms with van der Waals surface area (Å²) < 4.78 is 45.5. The Labute approximate surface area is 136 Å². The van der Waals surface area contributed by atoms with E-state index in [-0.39, 0.29) is 27.8 Å². The van der Waals surface area contributed by atoms with Gasteiger partial charge in [0, 0.05) is 6.07 Å². The third-order valence-electron chi connectivity index (χ3n) is 3.21. The average Bonchev–Trinajstić information content (AvgIpc) is 3.02. The van der Waals surface area contributed by atoms with E-state index in [1.54, 1.807) is 6.92 Å². The predicted molar refractivity (Wildman–Crippen MR) is 84.5 cm³/mol. The van der Waals surface area contributed by atoms with Crippen LogP contribution in [0.5, 0.6) is 0 Å². The van der Waals surface area contributed by atoms with Crippen molar-refractivity contribution in [3.05, 3.63) is 64.2 Å². The molecule has 0 aliphatic carbocycles. The fourth-order valence-corrected chi connectivity index (χ4v) is 3.09. The number of sulfonamides is 1. The summed E-state index contributed by atoms with van der Waals surface area (Å²) in [5.74, 6) is -0.276. The molecule has 2 heterocycles. The number of hydrogen-bond donors (Lipinski definition) is 2. The van der Waals surface area contributed by atoms with Gasteiger partial charge in [-0.05, 0) is 48.9 Å². The zero-order valence-electron chi connectivity index (χ0n) is 12.4. The summed E-state index contributed by atoms with van der Waals surface area (Å²) in [4.78, 5) is 11.0. The van der Waals surface area contributed by atoms with Gasteiger partial charge in [-0.25, -0.2) is 9.49 Å². The molecule has 0 unspecified atom stereocenters. The van der Waals surface area contributed by atoms with Crippen molar-refractivity contribution in [1.82, 2.24) is 10.2 Å². The highest BCUT2D eigenvalue weighted by atomic mass is 32.2. The number of aromatic nitrogens is 2. The molecular formula is C15H12FN3O4S. The highest BCUT2D eigenvalue weighted by Gasteiger charge is 2.20. The maximum atomic E-state index is 13.1. The molecule has 3 rings (SSSR count). The van der Waals surface area contributed by atoms with E-state index in [1.165, 1.54) is 36.4 Å². The molecule has 0 saturated carbocycles. The monoisotopic (exact) mass is 349 g/mol. The molecule has 2 aromatic heterocycles. The van der Waals surface area contributed by atoms with Gasteiger partial charge in [0.25, 0.3) is 15.6 Å². The zero-order valence-corrected chi connectivity index (χ0v) is 13.2. The first-order valence-electron chi connectivity index (χ1n) is 6.80. The Morgan fingerprint density at radius 1 is 1.17 bits per heavy atom. The van der Waals surface area contributed by atoms with Crippen molar-refractivity contribution >= 4 is 15.7 Å². The Kier molecular flexibility index (Phi) is 3.94. The third kappa shape index (κ3) is 3.20. The molecule has 0 fully saturated rings. The van der Waals surface area contributed by atoms with Crippen molar-refractivity contribution in [1.29, 1.82) is 0 Å². The number of H-pyrrole nitrogens is 1. The van der Waals surface area contributed by atoms with Gasteiger partial charge in [0.15, 0.2) is 5.76 Å². The van der Waals surface area contributed by atoms with Crippen LogP contribution in [0.4, 0.5) is 10.1 Å². The van der Waals surface area contributed by atoms with E-state index in [0.29, 0.717) is 5.56 Å². The number of aromatic amines is 1. The molecule has 24 heavy (non-hydrogen) atoms. The van der Waals surface area contributed by atoms with Crippen molar-refractivity contribution in [3.8, 4) is 11.5 Å². The van der Waals surface area contributed by atoms with Crippen molar-refractivity contribution in [2.24, 2.45) is 0 Å². The Bertz CT molecular complexity index is 1040. The number of halogens is 1. The smallest absolute Gasteiger partial charge is 0.295 e. The lowest BCUT2D eigenvalue weighted by molar-refractivity contribution is 0.461. The maximum absolute atomic E-state index is 13.1. The second-order valence-electron chi connectivity index (χ2n) is 4.99. The Balaban J connectivity index is 1.90. The highest BCUT2D eigenvalue weighted by Crippen LogP contribution is 2.25. The number of hydrogen-bond acceptors (Lipinski definition) is 5. The number of anilines is 1. The Morgan fingerprint density at radius 3 is 2.62 bits per heavy atom. The second kappa shape index (κ2) is 5.93. The van der Waals surface area contributed by atoms with Crippen LogP contribution in [0.2, 0.25) is 0 Å². The SMILES string of the molecule is Cc1cc(F)ccc1NS(=O)(=O)c1ccc(-c2ccc(=O)[nH]n2)o1. The number of aryl methyl sites for hydroxylation is 1. The number of furan rings is 1. The molecule has 0 amide bonds. The molecule has 2 N–H and O–H groups in total. The summed E-state index contributed by atoms with van der Waals surface area (Å²) in [6.07, 6.45) is 0. The van der Waals surface area contributed by atoms with Gasteiger partial charge in [-0.15, -0.1) is 0 Å². The molecule has 0 aliphatic rings. The topological polar surface area (TPSA) is 105 Å². The fourth-order valence-electron chi connectivity index (χ4n) is 2.02. The molecule has 0 atom stereocenters. The van der Waals surface area contributed by atoms with Crippen LogP contribution >= 0.6 is 0 Å². The Hall–Kier alpha value is -2.94. The minimum absolute atomic E-state index is 0.183. The van der Waals surface area contributed by atoms with E-state index in [1.807, 2.05) is 0 Å². The zero-order chi connectivity index (χ0) is 17.3. The molecule has 0 radical (unpaired) electrons. The summed E-state index contributed by atoms with van der Waals surface area (Å²) in [6, 6.07) is 9.05. The molecule has 0 saturated heterocycles. The molecule has 7 nitrogen and oxygen atoms in total. The van der Waals surface area contributed by atoms with Crippen molar-refractivity contribution in [2.45, 2.75) is 12.0 Å². The number of nitrogens with one attached hydrogen (secondary N) is 2. The van der Waals surface area contributed by atoms with Crippen LogP contribution in [-0.4, -0.2) is 18.6 Å². The van der Waals surface area contributed by atoms with Crippen LogP contribution < -0.4 is 10.3 Å². The van der Waals surface area contributed by atoms with Crippen molar-refractivity contribution in [2.75, 3.05) is 4.72 Å². The maximum Gasteiger partial charge on any atom is 0.295 e. The lowest BCUT2D eigenvalue weighted by atomic mass is 10.2. The van der Waals surface area contributed by atoms with E-state index in [9.17, 15) is 17.6 Å². The second-order valence-corrected chi connectivity index (χ2v) is 6.60. The first-order valence-corrected chi connectivity index (χ1v) is 8.28. The van der Waals surface area contributed by atoms with Crippen LogP contribution in [-0.2, 0) is 10.0 Å². The standard InChI is InChI=1S/C15H12FN3O4S/c1-9-8-10(16)2-3-11(9)19-24(21,22)15-7-5-13(23-15)12-4-6-14(20)18-17-12/h2-8,19H,1H3,(H,18,20). The van der Waals surface area contributed by atoms with Gasteiger partial charge in [0.05, 0.1) is 5.69 Å². The molecule has 0 bridgehead atoms. The highest BCUT2D eigenvalue weighted by molar-refractivity contribution is 7.92. The van der Waals surface area contributed by atoms with E-state index in [0.717, 1.165) is 6.07 Å². The minimum Gasteiger partial charge on any atom is -0.441 e. The first kappa shape index (κ1) is 15.9. The number of nitrogens with zero attached hydrogens (tertiary/aromatic N) is 1. The van der Waals surface area contributed by atoms with Crippen LogP contribution in [0.15, 0.2) is 56.8 Å². The quantitative estimate of drug-likeness (QED) is 0.752. The molecule has 0 aliphatic heterocycles. The molecule has 3 aromatic rings. The molecule has 124 valence electrons. The van der Waals surface area contributed by atoms with Gasteiger partial charge in [0.2, 0.25) is 5.09 Å². The van der Waals surface area contributed by atoms with Crippen LogP contribution in [0.3, 0.4) is 0 Å². The number of benzene rings is 1. The van der Waals surface area contributed by atoms with Gasteiger partial charge < -0.3 is 4.42 Å². The molecular weight excluding hydrogens is 337 g/mol. The minimum atomic E-state index is -3.98. The van der Waals surface area contributed by atoms with Crippen molar-refractivity contribution < 1.29 is 17.2 Å².